The summed E-state index contributed by atoms with van der Waals surface area (Å²) in [6, 6.07) is 18.2. The molecule has 1 unspecified atom stereocenters. The maximum atomic E-state index is 13.2. The van der Waals surface area contributed by atoms with Crippen molar-refractivity contribution >= 4 is 37.5 Å². The second kappa shape index (κ2) is 10.7. The van der Waals surface area contributed by atoms with Gasteiger partial charge in [0.2, 0.25) is 15.9 Å². The molecule has 1 atom stereocenters. The van der Waals surface area contributed by atoms with Crippen molar-refractivity contribution in [3.05, 3.63) is 84.4 Å². The average Bonchev–Trinajstić information content (AvgIpc) is 3.41. The lowest BCUT2D eigenvalue weighted by Gasteiger charge is -2.23. The molecule has 0 aliphatic carbocycles. The van der Waals surface area contributed by atoms with Crippen LogP contribution in [0.5, 0.6) is 5.75 Å². The molecule has 3 aromatic rings. The van der Waals surface area contributed by atoms with Crippen LogP contribution >= 0.6 is 0 Å². The maximum Gasteiger partial charge on any atom is 0.264 e. The van der Waals surface area contributed by atoms with Crippen molar-refractivity contribution in [2.24, 2.45) is 0 Å². The van der Waals surface area contributed by atoms with Crippen LogP contribution in [0.1, 0.15) is 23.2 Å². The molecule has 3 aromatic carbocycles. The van der Waals surface area contributed by atoms with E-state index in [0.717, 1.165) is 0 Å². The zero-order valence-corrected chi connectivity index (χ0v) is 21.5. The highest BCUT2D eigenvalue weighted by molar-refractivity contribution is 7.90. The van der Waals surface area contributed by atoms with Crippen molar-refractivity contribution in [2.75, 3.05) is 19.0 Å². The zero-order chi connectivity index (χ0) is 26.6. The number of anilines is 1. The summed E-state index contributed by atoms with van der Waals surface area (Å²) in [5.74, 6) is -0.778. The monoisotopic (exact) mass is 543 g/mol. The minimum absolute atomic E-state index is 0.0557. The number of carbonyl (C=O) groups excluding carboxylic acids is 2. The first kappa shape index (κ1) is 26.3. The van der Waals surface area contributed by atoms with Crippen LogP contribution in [0.3, 0.4) is 0 Å². The number of hydrogen-bond donors (Lipinski definition) is 2. The number of rotatable bonds is 8. The lowest BCUT2D eigenvalue weighted by molar-refractivity contribution is -0.119. The van der Waals surface area contributed by atoms with Crippen molar-refractivity contribution in [2.45, 2.75) is 28.7 Å². The Morgan fingerprint density at radius 1 is 0.865 bits per heavy atom. The van der Waals surface area contributed by atoms with Crippen molar-refractivity contribution in [3.63, 3.8) is 0 Å². The van der Waals surface area contributed by atoms with Gasteiger partial charge < -0.3 is 10.1 Å². The van der Waals surface area contributed by atoms with Crippen molar-refractivity contribution < 1.29 is 31.2 Å². The van der Waals surface area contributed by atoms with Gasteiger partial charge in [-0.25, -0.2) is 21.6 Å². The van der Waals surface area contributed by atoms with E-state index in [1.807, 2.05) is 4.72 Å². The molecule has 0 radical (unpaired) electrons. The zero-order valence-electron chi connectivity index (χ0n) is 19.8. The third kappa shape index (κ3) is 5.82. The van der Waals surface area contributed by atoms with E-state index < -0.39 is 37.9 Å². The lowest BCUT2D eigenvalue weighted by atomic mass is 10.2. The van der Waals surface area contributed by atoms with E-state index in [4.69, 9.17) is 4.74 Å². The third-order valence-electron chi connectivity index (χ3n) is 5.87. The van der Waals surface area contributed by atoms with E-state index in [2.05, 4.69) is 5.32 Å². The fourth-order valence-corrected chi connectivity index (χ4v) is 6.58. The van der Waals surface area contributed by atoms with Crippen LogP contribution in [0.2, 0.25) is 0 Å². The largest absolute Gasteiger partial charge is 0.497 e. The van der Waals surface area contributed by atoms with Gasteiger partial charge in [0.25, 0.3) is 15.9 Å². The highest BCUT2D eigenvalue weighted by Gasteiger charge is 2.39. The summed E-state index contributed by atoms with van der Waals surface area (Å²) in [7, 11) is -6.58. The topological polar surface area (TPSA) is 139 Å². The van der Waals surface area contributed by atoms with Gasteiger partial charge in [-0.1, -0.05) is 18.2 Å². The molecule has 1 aliphatic rings. The molecule has 4 rings (SSSR count). The van der Waals surface area contributed by atoms with Crippen molar-refractivity contribution in [3.8, 4) is 5.75 Å². The summed E-state index contributed by atoms with van der Waals surface area (Å²) in [5.41, 5.74) is 0.479. The molecule has 0 spiro atoms. The predicted molar refractivity (Wildman–Crippen MR) is 136 cm³/mol. The lowest BCUT2D eigenvalue weighted by Crippen LogP contribution is -2.43. The fraction of sp³-hybridized carbons (Fsp3) is 0.200. The van der Waals surface area contributed by atoms with E-state index in [9.17, 15) is 26.4 Å². The third-order valence-corrected chi connectivity index (χ3v) is 9.14. The van der Waals surface area contributed by atoms with Crippen molar-refractivity contribution in [1.29, 1.82) is 0 Å². The Balaban J connectivity index is 1.44. The van der Waals surface area contributed by atoms with E-state index in [-0.39, 0.29) is 27.6 Å². The summed E-state index contributed by atoms with van der Waals surface area (Å²) in [6.45, 7) is 0.199. The minimum Gasteiger partial charge on any atom is -0.497 e. The number of methoxy groups -OCH3 is 1. The molecule has 1 saturated heterocycles. The number of carbonyl (C=O) groups is 2. The number of ether oxygens (including phenoxy) is 1. The van der Waals surface area contributed by atoms with Gasteiger partial charge in [-0.05, 0) is 73.5 Å². The molecule has 1 fully saturated rings. The van der Waals surface area contributed by atoms with Crippen LogP contribution in [0.15, 0.2) is 88.7 Å². The van der Waals surface area contributed by atoms with Gasteiger partial charge in [0.05, 0.1) is 16.9 Å². The Morgan fingerprint density at radius 3 is 2.11 bits per heavy atom. The quantitative estimate of drug-likeness (QED) is 0.445. The number of hydrogen-bond acceptors (Lipinski definition) is 7. The number of amides is 2. The first-order chi connectivity index (χ1) is 17.6. The molecule has 12 heteroatoms. The second-order valence-electron chi connectivity index (χ2n) is 8.26. The highest BCUT2D eigenvalue weighted by atomic mass is 32.2. The molecular weight excluding hydrogens is 518 g/mol. The Kier molecular flexibility index (Phi) is 7.62. The number of sulfonamides is 2. The van der Waals surface area contributed by atoms with Crippen LogP contribution in [0, 0.1) is 0 Å². The molecule has 2 amide bonds. The van der Waals surface area contributed by atoms with E-state index in [1.165, 1.54) is 72.1 Å². The normalized spacial score (nSPS) is 16.2. The molecule has 1 heterocycles. The van der Waals surface area contributed by atoms with Gasteiger partial charge in [-0.3, -0.25) is 9.59 Å². The Morgan fingerprint density at radius 2 is 1.49 bits per heavy atom. The van der Waals surface area contributed by atoms with Crippen LogP contribution in [-0.2, 0) is 24.8 Å². The molecule has 0 aromatic heterocycles. The Bertz CT molecular complexity index is 1490. The van der Waals surface area contributed by atoms with Crippen molar-refractivity contribution in [1.82, 2.24) is 9.03 Å². The molecule has 10 nitrogen and oxygen atoms in total. The van der Waals surface area contributed by atoms with Gasteiger partial charge in [0.15, 0.2) is 0 Å². The van der Waals surface area contributed by atoms with Crippen LogP contribution in [-0.4, -0.2) is 52.7 Å². The molecule has 2 N–H and O–H groups in total. The van der Waals surface area contributed by atoms with Gasteiger partial charge in [-0.2, -0.15) is 4.31 Å². The standard InChI is InChI=1S/C25H25N3O7S2/c1-35-20-11-15-22(16-12-20)37(33,34)28-17-5-8-23(28)25(30)26-19-9-13-21(14-10-19)36(31,32)27-24(29)18-6-3-2-4-7-18/h2-4,6-7,9-16,23H,5,8,17H2,1H3,(H,26,30)(H,27,29). The fourth-order valence-electron chi connectivity index (χ4n) is 3.95. The molecule has 1 aliphatic heterocycles. The highest BCUT2D eigenvalue weighted by Crippen LogP contribution is 2.28. The Labute approximate surface area is 215 Å². The Hall–Kier alpha value is -3.74. The molecule has 194 valence electrons. The summed E-state index contributed by atoms with van der Waals surface area (Å²) >= 11 is 0. The van der Waals surface area contributed by atoms with E-state index >= 15 is 0 Å². The first-order valence-corrected chi connectivity index (χ1v) is 14.2. The molecule has 0 bridgehead atoms. The van der Waals surface area contributed by atoms with Crippen LogP contribution in [0.25, 0.3) is 0 Å². The first-order valence-electron chi connectivity index (χ1n) is 11.3. The number of nitrogens with one attached hydrogen (secondary N) is 2. The average molecular weight is 544 g/mol. The van der Waals surface area contributed by atoms with Gasteiger partial charge in [-0.15, -0.1) is 0 Å². The minimum atomic E-state index is -4.14. The predicted octanol–water partition coefficient (Wildman–Crippen LogP) is 2.61. The van der Waals surface area contributed by atoms with Crippen LogP contribution < -0.4 is 14.8 Å². The smallest absolute Gasteiger partial charge is 0.264 e. The molecule has 37 heavy (non-hydrogen) atoms. The van der Waals surface area contributed by atoms with Gasteiger partial charge in [0, 0.05) is 17.8 Å². The van der Waals surface area contributed by atoms with Crippen LogP contribution in [0.4, 0.5) is 5.69 Å². The summed E-state index contributed by atoms with van der Waals surface area (Å²) < 4.78 is 59.7. The number of benzene rings is 3. The SMILES string of the molecule is COc1ccc(S(=O)(=O)N2CCCC2C(=O)Nc2ccc(S(=O)(=O)NC(=O)c3ccccc3)cc2)cc1. The summed E-state index contributed by atoms with van der Waals surface area (Å²) in [4.78, 5) is 25.1. The summed E-state index contributed by atoms with van der Waals surface area (Å²) in [6.07, 6.45) is 0.866. The molecule has 0 saturated carbocycles. The van der Waals surface area contributed by atoms with Gasteiger partial charge >= 0.3 is 0 Å². The number of nitrogens with zero attached hydrogens (tertiary/aromatic N) is 1. The van der Waals surface area contributed by atoms with E-state index in [1.54, 1.807) is 18.2 Å². The summed E-state index contributed by atoms with van der Waals surface area (Å²) in [5, 5.41) is 2.65. The molecular formula is C25H25N3O7S2. The maximum absolute atomic E-state index is 13.2. The van der Waals surface area contributed by atoms with Gasteiger partial charge in [0.1, 0.15) is 11.8 Å². The van der Waals surface area contributed by atoms with E-state index in [0.29, 0.717) is 18.6 Å². The second-order valence-corrected chi connectivity index (χ2v) is 11.8.